The van der Waals surface area contributed by atoms with Gasteiger partial charge in [-0.3, -0.25) is 9.48 Å². The molecule has 0 aliphatic carbocycles. The number of carbonyl (C=O) groups excluding carboxylic acids is 1. The van der Waals surface area contributed by atoms with Crippen molar-refractivity contribution in [3.63, 3.8) is 0 Å². The average molecular weight is 430 g/mol. The van der Waals surface area contributed by atoms with Crippen molar-refractivity contribution in [1.82, 2.24) is 15.1 Å². The highest BCUT2D eigenvalue weighted by molar-refractivity contribution is 5.80. The first-order valence-corrected chi connectivity index (χ1v) is 11.3. The zero-order valence-corrected chi connectivity index (χ0v) is 19.3. The van der Waals surface area contributed by atoms with E-state index >= 15 is 0 Å². The summed E-state index contributed by atoms with van der Waals surface area (Å²) in [5.74, 6) is 1.26. The molecule has 4 rings (SSSR count). The van der Waals surface area contributed by atoms with Gasteiger partial charge in [-0.05, 0) is 49.4 Å². The summed E-state index contributed by atoms with van der Waals surface area (Å²) in [5, 5.41) is 8.91. The maximum atomic E-state index is 13.0. The largest absolute Gasteiger partial charge is 0.459 e. The van der Waals surface area contributed by atoms with Crippen molar-refractivity contribution in [2.24, 2.45) is 5.92 Å². The van der Waals surface area contributed by atoms with E-state index in [-0.39, 0.29) is 11.9 Å². The number of para-hydroxylation sites is 1. The molecule has 0 aliphatic rings. The van der Waals surface area contributed by atoms with Crippen LogP contribution in [0, 0.1) is 19.8 Å². The summed E-state index contributed by atoms with van der Waals surface area (Å²) in [6, 6.07) is 19.6. The van der Waals surface area contributed by atoms with Crippen LogP contribution in [0.4, 0.5) is 0 Å². The molecule has 0 saturated heterocycles. The molecule has 4 aromatic rings. The molecule has 2 heterocycles. The van der Waals surface area contributed by atoms with Gasteiger partial charge in [0.25, 0.3) is 0 Å². The fourth-order valence-electron chi connectivity index (χ4n) is 4.20. The van der Waals surface area contributed by atoms with Crippen LogP contribution in [0.5, 0.6) is 0 Å². The first-order valence-electron chi connectivity index (χ1n) is 11.3. The monoisotopic (exact) mass is 429 g/mol. The third-order valence-electron chi connectivity index (χ3n) is 5.84. The molecule has 5 nitrogen and oxygen atoms in total. The molecule has 2 aromatic carbocycles. The summed E-state index contributed by atoms with van der Waals surface area (Å²) in [7, 11) is 0. The number of hydrogen-bond acceptors (Lipinski definition) is 3. The molecule has 1 unspecified atom stereocenters. The first-order chi connectivity index (χ1) is 15.4. The summed E-state index contributed by atoms with van der Waals surface area (Å²) in [4.78, 5) is 13.0. The Labute approximate surface area is 189 Å². The van der Waals surface area contributed by atoms with E-state index < -0.39 is 0 Å². The lowest BCUT2D eigenvalue weighted by Crippen LogP contribution is -2.29. The number of fused-ring (bicyclic) bond motifs is 1. The van der Waals surface area contributed by atoms with Crippen molar-refractivity contribution in [3.8, 4) is 0 Å². The quantitative estimate of drug-likeness (QED) is 0.388. The Morgan fingerprint density at radius 2 is 1.78 bits per heavy atom. The van der Waals surface area contributed by atoms with Crippen LogP contribution in [-0.2, 0) is 17.8 Å². The number of furan rings is 1. The summed E-state index contributed by atoms with van der Waals surface area (Å²) in [5.41, 5.74) is 5.15. The number of nitrogens with zero attached hydrogens (tertiary/aromatic N) is 2. The molecule has 0 saturated carbocycles. The number of rotatable bonds is 8. The van der Waals surface area contributed by atoms with Crippen molar-refractivity contribution < 1.29 is 9.21 Å². The Morgan fingerprint density at radius 3 is 2.50 bits per heavy atom. The molecule has 32 heavy (non-hydrogen) atoms. The summed E-state index contributed by atoms with van der Waals surface area (Å²) in [6.07, 6.45) is 1.07. The summed E-state index contributed by atoms with van der Waals surface area (Å²) >= 11 is 0. The molecule has 0 aliphatic heterocycles. The van der Waals surface area contributed by atoms with Crippen molar-refractivity contribution in [3.05, 3.63) is 88.9 Å². The van der Waals surface area contributed by atoms with Gasteiger partial charge in [-0.1, -0.05) is 62.4 Å². The van der Waals surface area contributed by atoms with E-state index in [0.29, 0.717) is 18.8 Å². The van der Waals surface area contributed by atoms with Gasteiger partial charge in [0.05, 0.1) is 5.69 Å². The number of benzene rings is 2. The van der Waals surface area contributed by atoms with Gasteiger partial charge in [-0.2, -0.15) is 5.10 Å². The molecule has 166 valence electrons. The highest BCUT2D eigenvalue weighted by atomic mass is 16.3. The zero-order valence-electron chi connectivity index (χ0n) is 19.3. The van der Waals surface area contributed by atoms with Gasteiger partial charge in [-0.15, -0.1) is 0 Å². The third kappa shape index (κ3) is 4.77. The Kier molecular flexibility index (Phi) is 6.45. The predicted octanol–water partition coefficient (Wildman–Crippen LogP) is 5.74. The minimum atomic E-state index is -0.332. The van der Waals surface area contributed by atoms with Gasteiger partial charge in [0.1, 0.15) is 17.4 Å². The van der Waals surface area contributed by atoms with Crippen LogP contribution in [-0.4, -0.2) is 15.7 Å². The average Bonchev–Trinajstić information content (AvgIpc) is 3.31. The molecule has 5 heteroatoms. The van der Waals surface area contributed by atoms with Gasteiger partial charge < -0.3 is 9.73 Å². The molecule has 1 N–H and O–H groups in total. The van der Waals surface area contributed by atoms with Crippen molar-refractivity contribution in [2.75, 3.05) is 0 Å². The van der Waals surface area contributed by atoms with Crippen LogP contribution in [0.3, 0.4) is 0 Å². The van der Waals surface area contributed by atoms with E-state index in [1.807, 2.05) is 67.6 Å². The number of aromatic nitrogens is 2. The second kappa shape index (κ2) is 9.43. The van der Waals surface area contributed by atoms with Gasteiger partial charge in [0, 0.05) is 24.0 Å². The summed E-state index contributed by atoms with van der Waals surface area (Å²) < 4.78 is 8.16. The maximum absolute atomic E-state index is 13.0. The van der Waals surface area contributed by atoms with Gasteiger partial charge in [-0.25, -0.2) is 0 Å². The fourth-order valence-corrected chi connectivity index (χ4v) is 4.20. The van der Waals surface area contributed by atoms with E-state index in [1.165, 1.54) is 5.56 Å². The minimum absolute atomic E-state index is 0.00489. The fraction of sp³-hybridized carbons (Fsp3) is 0.333. The highest BCUT2D eigenvalue weighted by Gasteiger charge is 2.21. The smallest absolute Gasteiger partial charge is 0.221 e. The molecule has 1 atom stereocenters. The van der Waals surface area contributed by atoms with Crippen LogP contribution >= 0.6 is 0 Å². The zero-order chi connectivity index (χ0) is 22.7. The molecular weight excluding hydrogens is 398 g/mol. The predicted molar refractivity (Wildman–Crippen MR) is 128 cm³/mol. The van der Waals surface area contributed by atoms with Gasteiger partial charge in [0.15, 0.2) is 0 Å². The standard InChI is InChI=1S/C27H31N3O2/c1-18(2)17-30-20(4)23(19(3)29-30)14-15-26(31)28-27(21-10-6-5-7-11-21)25-16-22-12-8-9-13-24(22)32-25/h5-13,16,18,27H,14-15,17H2,1-4H3,(H,28,31). The second-order valence-corrected chi connectivity index (χ2v) is 8.82. The maximum Gasteiger partial charge on any atom is 0.221 e. The van der Waals surface area contributed by atoms with Crippen LogP contribution in [0.2, 0.25) is 0 Å². The lowest BCUT2D eigenvalue weighted by Gasteiger charge is -2.17. The molecule has 0 bridgehead atoms. The lowest BCUT2D eigenvalue weighted by molar-refractivity contribution is -0.121. The van der Waals surface area contributed by atoms with Gasteiger partial charge in [0.2, 0.25) is 5.91 Å². The van der Waals surface area contributed by atoms with E-state index in [2.05, 4.69) is 35.9 Å². The lowest BCUT2D eigenvalue weighted by atomic mass is 10.0. The van der Waals surface area contributed by atoms with E-state index in [4.69, 9.17) is 4.42 Å². The Bertz CT molecular complexity index is 1170. The van der Waals surface area contributed by atoms with E-state index in [9.17, 15) is 4.79 Å². The van der Waals surface area contributed by atoms with E-state index in [1.54, 1.807) is 0 Å². The number of amides is 1. The SMILES string of the molecule is Cc1nn(CC(C)C)c(C)c1CCC(=O)NC(c1ccccc1)c1cc2ccccc2o1. The van der Waals surface area contributed by atoms with Crippen molar-refractivity contribution in [1.29, 1.82) is 0 Å². The van der Waals surface area contributed by atoms with Crippen LogP contribution in [0.1, 0.15) is 54.6 Å². The number of nitrogens with one attached hydrogen (secondary N) is 1. The number of hydrogen-bond donors (Lipinski definition) is 1. The summed E-state index contributed by atoms with van der Waals surface area (Å²) in [6.45, 7) is 9.38. The molecule has 0 radical (unpaired) electrons. The minimum Gasteiger partial charge on any atom is -0.459 e. The van der Waals surface area contributed by atoms with Gasteiger partial charge >= 0.3 is 0 Å². The van der Waals surface area contributed by atoms with Crippen molar-refractivity contribution >= 4 is 16.9 Å². The molecule has 1 amide bonds. The Hall–Kier alpha value is -3.34. The third-order valence-corrected chi connectivity index (χ3v) is 5.84. The molecule has 2 aromatic heterocycles. The normalized spacial score (nSPS) is 12.4. The molecular formula is C27H31N3O2. The van der Waals surface area contributed by atoms with Crippen LogP contribution < -0.4 is 5.32 Å². The van der Waals surface area contributed by atoms with E-state index in [0.717, 1.165) is 40.2 Å². The molecule has 0 spiro atoms. The van der Waals surface area contributed by atoms with Crippen LogP contribution in [0.15, 0.2) is 65.1 Å². The second-order valence-electron chi connectivity index (χ2n) is 8.82. The Morgan fingerprint density at radius 1 is 1.06 bits per heavy atom. The van der Waals surface area contributed by atoms with Crippen molar-refractivity contribution in [2.45, 2.75) is 53.1 Å². The number of carbonyl (C=O) groups is 1. The van der Waals surface area contributed by atoms with Crippen LogP contribution in [0.25, 0.3) is 11.0 Å². The molecule has 0 fully saturated rings. The topological polar surface area (TPSA) is 60.1 Å². The Balaban J connectivity index is 1.52. The first kappa shape index (κ1) is 21.9. The highest BCUT2D eigenvalue weighted by Crippen LogP contribution is 2.28. The number of aryl methyl sites for hydroxylation is 1.